The highest BCUT2D eigenvalue weighted by Crippen LogP contribution is 2.21. The lowest BCUT2D eigenvalue weighted by molar-refractivity contribution is 0.0939. The van der Waals surface area contributed by atoms with Crippen LogP contribution in [-0.4, -0.2) is 12.0 Å². The number of nitrogen functional groups attached to an aromatic ring is 1. The number of benzene rings is 2. The number of amides is 1. The smallest absolute Gasteiger partial charge is 0.252 e. The van der Waals surface area contributed by atoms with Crippen molar-refractivity contribution in [3.63, 3.8) is 0 Å². The van der Waals surface area contributed by atoms with Gasteiger partial charge in [-0.05, 0) is 63.1 Å². The van der Waals surface area contributed by atoms with E-state index in [0.29, 0.717) is 11.3 Å². The molecule has 0 fully saturated rings. The molecule has 3 N–H and O–H groups in total. The van der Waals surface area contributed by atoms with Crippen molar-refractivity contribution in [2.24, 2.45) is 0 Å². The normalized spacial score (nSPS) is 12.0. The predicted molar refractivity (Wildman–Crippen MR) is 93.7 cm³/mol. The maximum absolute atomic E-state index is 12.5. The first kappa shape index (κ1) is 16.9. The molecule has 2 aromatic rings. The molecule has 0 heterocycles. The molecule has 0 spiro atoms. The lowest BCUT2D eigenvalue weighted by Crippen LogP contribution is -2.27. The van der Waals surface area contributed by atoms with Crippen molar-refractivity contribution in [3.05, 3.63) is 59.2 Å². The third kappa shape index (κ3) is 4.49. The average Bonchev–Trinajstić information content (AvgIpc) is 2.49. The van der Waals surface area contributed by atoms with Crippen LogP contribution in [0.15, 0.2) is 42.5 Å². The lowest BCUT2D eigenvalue weighted by Gasteiger charge is -2.17. The van der Waals surface area contributed by atoms with E-state index in [2.05, 4.69) is 5.32 Å². The summed E-state index contributed by atoms with van der Waals surface area (Å²) in [6, 6.07) is 13.0. The molecule has 0 saturated heterocycles. The molecule has 1 amide bonds. The molecule has 0 aliphatic rings. The van der Waals surface area contributed by atoms with Crippen LogP contribution in [0.5, 0.6) is 5.75 Å². The largest absolute Gasteiger partial charge is 0.491 e. The quantitative estimate of drug-likeness (QED) is 0.824. The topological polar surface area (TPSA) is 64.4 Å². The monoisotopic (exact) mass is 312 g/mol. The molecule has 0 saturated carbocycles. The molecule has 0 radical (unpaired) electrons. The molecule has 0 aliphatic heterocycles. The number of nitrogens with one attached hydrogen (secondary N) is 1. The van der Waals surface area contributed by atoms with E-state index >= 15 is 0 Å². The Morgan fingerprint density at radius 3 is 2.57 bits per heavy atom. The maximum atomic E-state index is 12.5. The summed E-state index contributed by atoms with van der Waals surface area (Å²) in [5.74, 6) is 0.677. The summed E-state index contributed by atoms with van der Waals surface area (Å²) in [5.41, 5.74) is 8.87. The standard InChI is InChI=1S/C19H24N2O2/c1-12(2)23-17-7-5-6-15(10-17)14(4)21-19(22)18-11-16(20)9-8-13(18)3/h5-12,14H,20H2,1-4H3,(H,21,22). The third-order valence-electron chi connectivity index (χ3n) is 3.58. The summed E-state index contributed by atoms with van der Waals surface area (Å²) >= 11 is 0. The van der Waals surface area contributed by atoms with E-state index in [-0.39, 0.29) is 18.1 Å². The summed E-state index contributed by atoms with van der Waals surface area (Å²) in [5, 5.41) is 3.01. The summed E-state index contributed by atoms with van der Waals surface area (Å²) in [6.07, 6.45) is 0.116. The van der Waals surface area contributed by atoms with Crippen LogP contribution in [0, 0.1) is 6.92 Å². The first-order chi connectivity index (χ1) is 10.9. The third-order valence-corrected chi connectivity index (χ3v) is 3.58. The predicted octanol–water partition coefficient (Wildman–Crippen LogP) is 3.86. The van der Waals surface area contributed by atoms with Crippen LogP contribution in [0.2, 0.25) is 0 Å². The van der Waals surface area contributed by atoms with Crippen LogP contribution in [-0.2, 0) is 0 Å². The highest BCUT2D eigenvalue weighted by molar-refractivity contribution is 5.96. The van der Waals surface area contributed by atoms with E-state index in [1.165, 1.54) is 0 Å². The van der Waals surface area contributed by atoms with Crippen LogP contribution in [0.4, 0.5) is 5.69 Å². The first-order valence-corrected chi connectivity index (χ1v) is 7.80. The Balaban J connectivity index is 2.13. The van der Waals surface area contributed by atoms with Crippen LogP contribution in [0.25, 0.3) is 0 Å². The van der Waals surface area contributed by atoms with Gasteiger partial charge in [-0.15, -0.1) is 0 Å². The fraction of sp³-hybridized carbons (Fsp3) is 0.316. The maximum Gasteiger partial charge on any atom is 0.252 e. The van der Waals surface area contributed by atoms with Crippen molar-refractivity contribution < 1.29 is 9.53 Å². The Morgan fingerprint density at radius 2 is 1.87 bits per heavy atom. The Hall–Kier alpha value is -2.49. The average molecular weight is 312 g/mol. The van der Waals surface area contributed by atoms with Gasteiger partial charge in [0.25, 0.3) is 5.91 Å². The molecule has 2 aromatic carbocycles. The fourth-order valence-electron chi connectivity index (χ4n) is 2.37. The second-order valence-corrected chi connectivity index (χ2v) is 6.01. The van der Waals surface area contributed by atoms with E-state index < -0.39 is 0 Å². The zero-order chi connectivity index (χ0) is 17.0. The Morgan fingerprint density at radius 1 is 1.13 bits per heavy atom. The van der Waals surface area contributed by atoms with Gasteiger partial charge in [-0.2, -0.15) is 0 Å². The summed E-state index contributed by atoms with van der Waals surface area (Å²) in [4.78, 5) is 12.5. The van der Waals surface area contributed by atoms with Gasteiger partial charge in [-0.3, -0.25) is 4.79 Å². The molecule has 0 aliphatic carbocycles. The zero-order valence-corrected chi connectivity index (χ0v) is 14.1. The number of ether oxygens (including phenoxy) is 1. The molecular formula is C19H24N2O2. The molecule has 0 bridgehead atoms. The van der Waals surface area contributed by atoms with Crippen molar-refractivity contribution >= 4 is 11.6 Å². The second-order valence-electron chi connectivity index (χ2n) is 6.01. The number of hydrogen-bond donors (Lipinski definition) is 2. The molecule has 0 aromatic heterocycles. The van der Waals surface area contributed by atoms with E-state index in [9.17, 15) is 4.79 Å². The van der Waals surface area contributed by atoms with Crippen molar-refractivity contribution in [2.45, 2.75) is 39.8 Å². The SMILES string of the molecule is Cc1ccc(N)cc1C(=O)NC(C)c1cccc(OC(C)C)c1. The van der Waals surface area contributed by atoms with Gasteiger partial charge in [0.2, 0.25) is 0 Å². The van der Waals surface area contributed by atoms with Gasteiger partial charge in [0.05, 0.1) is 12.1 Å². The highest BCUT2D eigenvalue weighted by atomic mass is 16.5. The Labute approximate surface area is 137 Å². The van der Waals surface area contributed by atoms with Crippen molar-refractivity contribution in [2.75, 3.05) is 5.73 Å². The minimum Gasteiger partial charge on any atom is -0.491 e. The summed E-state index contributed by atoms with van der Waals surface area (Å²) < 4.78 is 5.70. The van der Waals surface area contributed by atoms with Gasteiger partial charge in [0.15, 0.2) is 0 Å². The number of aryl methyl sites for hydroxylation is 1. The van der Waals surface area contributed by atoms with E-state index in [1.807, 2.05) is 58.0 Å². The van der Waals surface area contributed by atoms with Crippen LogP contribution >= 0.6 is 0 Å². The first-order valence-electron chi connectivity index (χ1n) is 7.80. The second kappa shape index (κ2) is 7.18. The number of carbonyl (C=O) groups is 1. The zero-order valence-electron chi connectivity index (χ0n) is 14.1. The molecule has 122 valence electrons. The van der Waals surface area contributed by atoms with Gasteiger partial charge in [0.1, 0.15) is 5.75 Å². The molecular weight excluding hydrogens is 288 g/mol. The molecule has 4 nitrogen and oxygen atoms in total. The van der Waals surface area contributed by atoms with Crippen molar-refractivity contribution in [1.82, 2.24) is 5.32 Å². The van der Waals surface area contributed by atoms with E-state index in [4.69, 9.17) is 10.5 Å². The number of rotatable bonds is 5. The van der Waals surface area contributed by atoms with Gasteiger partial charge in [-0.1, -0.05) is 18.2 Å². The molecule has 23 heavy (non-hydrogen) atoms. The van der Waals surface area contributed by atoms with Crippen molar-refractivity contribution in [3.8, 4) is 5.75 Å². The van der Waals surface area contributed by atoms with E-state index in [1.54, 1.807) is 12.1 Å². The molecule has 1 unspecified atom stereocenters. The molecule has 4 heteroatoms. The minimum absolute atomic E-state index is 0.116. The highest BCUT2D eigenvalue weighted by Gasteiger charge is 2.14. The van der Waals surface area contributed by atoms with Gasteiger partial charge in [0, 0.05) is 11.3 Å². The minimum atomic E-state index is -0.127. The van der Waals surface area contributed by atoms with Crippen LogP contribution in [0.1, 0.15) is 48.3 Å². The number of nitrogens with two attached hydrogens (primary N) is 1. The molecule has 1 atom stereocenters. The number of anilines is 1. The Kier molecular flexibility index (Phi) is 5.27. The lowest BCUT2D eigenvalue weighted by atomic mass is 10.0. The Bertz CT molecular complexity index is 696. The van der Waals surface area contributed by atoms with Crippen molar-refractivity contribution in [1.29, 1.82) is 0 Å². The summed E-state index contributed by atoms with van der Waals surface area (Å²) in [7, 11) is 0. The number of hydrogen-bond acceptors (Lipinski definition) is 3. The van der Waals surface area contributed by atoms with Gasteiger partial charge in [-0.25, -0.2) is 0 Å². The summed E-state index contributed by atoms with van der Waals surface area (Å²) in [6.45, 7) is 7.82. The fourth-order valence-corrected chi connectivity index (χ4v) is 2.37. The van der Waals surface area contributed by atoms with Crippen LogP contribution in [0.3, 0.4) is 0 Å². The molecule has 2 rings (SSSR count). The van der Waals surface area contributed by atoms with E-state index in [0.717, 1.165) is 16.9 Å². The van der Waals surface area contributed by atoms with Gasteiger partial charge >= 0.3 is 0 Å². The number of carbonyl (C=O) groups excluding carboxylic acids is 1. The van der Waals surface area contributed by atoms with Crippen LogP contribution < -0.4 is 15.8 Å². The van der Waals surface area contributed by atoms with Gasteiger partial charge < -0.3 is 15.8 Å².